The van der Waals surface area contributed by atoms with Crippen LogP contribution in [0.4, 0.5) is 0 Å². The number of hydrogen-bond acceptors (Lipinski definition) is 5. The summed E-state index contributed by atoms with van der Waals surface area (Å²) in [5, 5.41) is 0.593. The molecule has 0 amide bonds. The van der Waals surface area contributed by atoms with Crippen molar-refractivity contribution in [1.82, 2.24) is 24.4 Å². The lowest BCUT2D eigenvalue weighted by Gasteiger charge is -2.26. The fourth-order valence-corrected chi connectivity index (χ4v) is 4.03. The minimum atomic E-state index is 0.593. The zero-order valence-electron chi connectivity index (χ0n) is 16.8. The summed E-state index contributed by atoms with van der Waals surface area (Å²) < 4.78 is 7.53. The largest absolute Gasteiger partial charge is 0.379 e. The third kappa shape index (κ3) is 3.81. The molecule has 0 spiro atoms. The third-order valence-corrected chi connectivity index (χ3v) is 5.58. The van der Waals surface area contributed by atoms with Crippen LogP contribution in [0.5, 0.6) is 0 Å². The van der Waals surface area contributed by atoms with Crippen LogP contribution in [0, 0.1) is 6.92 Å². The average molecular weight is 420 g/mol. The van der Waals surface area contributed by atoms with Gasteiger partial charge in [0.05, 0.1) is 23.9 Å². The number of imidazole rings is 1. The number of benzene rings is 1. The SMILES string of the molecule is Cc1nc2ccc(-c3cncc(Cl)c3)nc2n1-c1ccc(CN2CCOCC2)cc1. The number of morpholine rings is 1. The van der Waals surface area contributed by atoms with Gasteiger partial charge in [0.15, 0.2) is 5.65 Å². The highest BCUT2D eigenvalue weighted by Gasteiger charge is 2.14. The van der Waals surface area contributed by atoms with Gasteiger partial charge in [0.1, 0.15) is 11.3 Å². The Kier molecular flexibility index (Phi) is 5.21. The monoisotopic (exact) mass is 419 g/mol. The summed E-state index contributed by atoms with van der Waals surface area (Å²) in [7, 11) is 0. The normalized spacial score (nSPS) is 15.0. The van der Waals surface area contributed by atoms with Crippen molar-refractivity contribution in [1.29, 1.82) is 0 Å². The van der Waals surface area contributed by atoms with Crippen LogP contribution in [-0.4, -0.2) is 50.7 Å². The van der Waals surface area contributed by atoms with Gasteiger partial charge in [0.2, 0.25) is 0 Å². The van der Waals surface area contributed by atoms with Crippen LogP contribution in [-0.2, 0) is 11.3 Å². The van der Waals surface area contributed by atoms with E-state index in [2.05, 4.69) is 38.7 Å². The summed E-state index contributed by atoms with van der Waals surface area (Å²) in [6.07, 6.45) is 3.39. The Morgan fingerprint density at radius 2 is 1.80 bits per heavy atom. The Balaban J connectivity index is 1.48. The first kappa shape index (κ1) is 19.2. The lowest BCUT2D eigenvalue weighted by Crippen LogP contribution is -2.35. The maximum atomic E-state index is 6.11. The smallest absolute Gasteiger partial charge is 0.165 e. The van der Waals surface area contributed by atoms with Crippen LogP contribution in [0.15, 0.2) is 54.9 Å². The molecule has 1 aromatic carbocycles. The molecule has 30 heavy (non-hydrogen) atoms. The molecule has 0 saturated carbocycles. The van der Waals surface area contributed by atoms with Crippen molar-refractivity contribution in [3.8, 4) is 16.9 Å². The number of aromatic nitrogens is 4. The molecule has 0 bridgehead atoms. The molecule has 0 radical (unpaired) electrons. The first-order valence-electron chi connectivity index (χ1n) is 10.0. The summed E-state index contributed by atoms with van der Waals surface area (Å²) in [5.74, 6) is 0.903. The van der Waals surface area contributed by atoms with E-state index in [4.69, 9.17) is 26.3 Å². The molecule has 0 unspecified atom stereocenters. The van der Waals surface area contributed by atoms with Crippen LogP contribution in [0.3, 0.4) is 0 Å². The fourth-order valence-electron chi connectivity index (χ4n) is 3.86. The van der Waals surface area contributed by atoms with Gasteiger partial charge in [-0.15, -0.1) is 0 Å². The van der Waals surface area contributed by atoms with Crippen molar-refractivity contribution < 1.29 is 4.74 Å². The van der Waals surface area contributed by atoms with Crippen LogP contribution in [0.1, 0.15) is 11.4 Å². The molecule has 7 heteroatoms. The van der Waals surface area contributed by atoms with E-state index in [0.717, 1.165) is 66.8 Å². The quantitative estimate of drug-likeness (QED) is 0.494. The van der Waals surface area contributed by atoms with E-state index in [1.54, 1.807) is 12.4 Å². The van der Waals surface area contributed by atoms with E-state index in [0.29, 0.717) is 5.02 Å². The van der Waals surface area contributed by atoms with E-state index in [1.807, 2.05) is 25.1 Å². The standard InChI is InChI=1S/C23H22ClN5O/c1-16-26-22-7-6-21(18-12-19(24)14-25-13-18)27-23(22)29(16)20-4-2-17(3-5-20)15-28-8-10-30-11-9-28/h2-7,12-14H,8-11,15H2,1H3. The van der Waals surface area contributed by atoms with Crippen molar-refractivity contribution in [3.05, 3.63) is 71.3 Å². The van der Waals surface area contributed by atoms with Gasteiger partial charge in [0.25, 0.3) is 0 Å². The summed E-state index contributed by atoms with van der Waals surface area (Å²) in [6, 6.07) is 14.5. The Labute approximate surface area is 180 Å². The molecule has 3 aromatic heterocycles. The maximum absolute atomic E-state index is 6.11. The first-order valence-corrected chi connectivity index (χ1v) is 10.4. The van der Waals surface area contributed by atoms with E-state index in [-0.39, 0.29) is 0 Å². The lowest BCUT2D eigenvalue weighted by atomic mass is 10.1. The predicted octanol–water partition coefficient (Wildman–Crippen LogP) is 4.28. The second-order valence-corrected chi connectivity index (χ2v) is 7.92. The lowest BCUT2D eigenvalue weighted by molar-refractivity contribution is 0.0342. The number of nitrogens with zero attached hydrogens (tertiary/aromatic N) is 5. The van der Waals surface area contributed by atoms with Crippen molar-refractivity contribution in [2.45, 2.75) is 13.5 Å². The van der Waals surface area contributed by atoms with Crippen molar-refractivity contribution in [2.75, 3.05) is 26.3 Å². The number of pyridine rings is 2. The topological polar surface area (TPSA) is 56.1 Å². The molecule has 152 valence electrons. The number of hydrogen-bond donors (Lipinski definition) is 0. The van der Waals surface area contributed by atoms with Crippen LogP contribution < -0.4 is 0 Å². The van der Waals surface area contributed by atoms with Gasteiger partial charge in [0, 0.05) is 43.3 Å². The summed E-state index contributed by atoms with van der Waals surface area (Å²) in [6.45, 7) is 6.54. The maximum Gasteiger partial charge on any atom is 0.165 e. The number of aryl methyl sites for hydroxylation is 1. The van der Waals surface area contributed by atoms with Crippen molar-refractivity contribution in [3.63, 3.8) is 0 Å². The van der Waals surface area contributed by atoms with E-state index < -0.39 is 0 Å². The molecule has 5 rings (SSSR count). The van der Waals surface area contributed by atoms with Crippen molar-refractivity contribution >= 4 is 22.8 Å². The molecule has 0 atom stereocenters. The fraction of sp³-hybridized carbons (Fsp3) is 0.261. The van der Waals surface area contributed by atoms with Gasteiger partial charge in [-0.1, -0.05) is 23.7 Å². The molecule has 4 heterocycles. The molecular weight excluding hydrogens is 398 g/mol. The highest BCUT2D eigenvalue weighted by atomic mass is 35.5. The molecule has 4 aromatic rings. The zero-order chi connectivity index (χ0) is 20.5. The zero-order valence-corrected chi connectivity index (χ0v) is 17.5. The van der Waals surface area contributed by atoms with Gasteiger partial charge in [-0.05, 0) is 42.8 Å². The molecule has 0 aliphatic carbocycles. The van der Waals surface area contributed by atoms with Crippen molar-refractivity contribution in [2.24, 2.45) is 0 Å². The first-order chi connectivity index (χ1) is 14.7. The van der Waals surface area contributed by atoms with Gasteiger partial charge < -0.3 is 4.74 Å². The van der Waals surface area contributed by atoms with Crippen LogP contribution in [0.2, 0.25) is 5.02 Å². The second kappa shape index (κ2) is 8.14. The molecular formula is C23H22ClN5O. The Bertz CT molecular complexity index is 1180. The predicted molar refractivity (Wildman–Crippen MR) is 118 cm³/mol. The van der Waals surface area contributed by atoms with E-state index in [1.165, 1.54) is 5.56 Å². The highest BCUT2D eigenvalue weighted by Crippen LogP contribution is 2.25. The Morgan fingerprint density at radius 3 is 2.57 bits per heavy atom. The summed E-state index contributed by atoms with van der Waals surface area (Å²) in [4.78, 5) is 16.2. The van der Waals surface area contributed by atoms with Crippen LogP contribution in [0.25, 0.3) is 28.1 Å². The van der Waals surface area contributed by atoms with Gasteiger partial charge >= 0.3 is 0 Å². The van der Waals surface area contributed by atoms with Gasteiger partial charge in [-0.2, -0.15) is 0 Å². The highest BCUT2D eigenvalue weighted by molar-refractivity contribution is 6.30. The third-order valence-electron chi connectivity index (χ3n) is 5.38. The number of ether oxygens (including phenoxy) is 1. The van der Waals surface area contributed by atoms with E-state index >= 15 is 0 Å². The molecule has 1 saturated heterocycles. The Morgan fingerprint density at radius 1 is 1.00 bits per heavy atom. The molecule has 1 aliphatic rings. The minimum absolute atomic E-state index is 0.593. The second-order valence-electron chi connectivity index (χ2n) is 7.48. The molecule has 0 N–H and O–H groups in total. The average Bonchev–Trinajstić information content (AvgIpc) is 3.10. The molecule has 6 nitrogen and oxygen atoms in total. The summed E-state index contributed by atoms with van der Waals surface area (Å²) >= 11 is 6.11. The van der Waals surface area contributed by atoms with Crippen LogP contribution >= 0.6 is 11.6 Å². The van der Waals surface area contributed by atoms with Gasteiger partial charge in [-0.3, -0.25) is 14.5 Å². The van der Waals surface area contributed by atoms with Gasteiger partial charge in [-0.25, -0.2) is 9.97 Å². The molecule has 1 aliphatic heterocycles. The molecule has 1 fully saturated rings. The van der Waals surface area contributed by atoms with E-state index in [9.17, 15) is 0 Å². The number of rotatable bonds is 4. The summed E-state index contributed by atoms with van der Waals surface area (Å²) in [5.41, 5.74) is 5.74. The Hall–Kier alpha value is -2.80. The number of fused-ring (bicyclic) bond motifs is 1. The number of halogens is 1. The minimum Gasteiger partial charge on any atom is -0.379 e.